The molecular formula is C17H23N3O5S. The van der Waals surface area contributed by atoms with Gasteiger partial charge in [0, 0.05) is 27.2 Å². The first-order chi connectivity index (χ1) is 12.2. The number of rotatable bonds is 2. The summed E-state index contributed by atoms with van der Waals surface area (Å²) in [7, 11) is -0.0629. The maximum atomic E-state index is 12.8. The van der Waals surface area contributed by atoms with E-state index in [1.807, 2.05) is 0 Å². The van der Waals surface area contributed by atoms with Crippen molar-refractivity contribution in [3.8, 4) is 5.75 Å². The predicted molar refractivity (Wildman–Crippen MR) is 95.5 cm³/mol. The van der Waals surface area contributed by atoms with E-state index in [2.05, 4.69) is 0 Å². The lowest BCUT2D eigenvalue weighted by molar-refractivity contribution is -0.135. The smallest absolute Gasteiger partial charge is 0.319 e. The van der Waals surface area contributed by atoms with Crippen LogP contribution in [0, 0.1) is 0 Å². The topological polar surface area (TPSA) is 98.2 Å². The Bertz CT molecular complexity index is 823. The number of urea groups is 1. The van der Waals surface area contributed by atoms with Crippen LogP contribution in [0.4, 0.5) is 4.79 Å². The number of fused-ring (bicyclic) bond motifs is 1. The quantitative estimate of drug-likeness (QED) is 0.773. The second-order valence-corrected chi connectivity index (χ2v) is 9.17. The fourth-order valence-electron chi connectivity index (χ4n) is 3.70. The van der Waals surface area contributed by atoms with Crippen LogP contribution < -0.4 is 0 Å². The Balaban J connectivity index is 1.81. The molecular weight excluding hydrogens is 358 g/mol. The van der Waals surface area contributed by atoms with E-state index in [-0.39, 0.29) is 35.6 Å². The van der Waals surface area contributed by atoms with Gasteiger partial charge in [0.15, 0.2) is 9.84 Å². The summed E-state index contributed by atoms with van der Waals surface area (Å²) < 4.78 is 24.4. The molecule has 0 bridgehead atoms. The number of amides is 3. The van der Waals surface area contributed by atoms with Crippen LogP contribution in [0.25, 0.3) is 0 Å². The van der Waals surface area contributed by atoms with Gasteiger partial charge in [-0.25, -0.2) is 13.2 Å². The average molecular weight is 381 g/mol. The van der Waals surface area contributed by atoms with Gasteiger partial charge in [0.05, 0.1) is 30.0 Å². The van der Waals surface area contributed by atoms with Gasteiger partial charge in [-0.05, 0) is 17.7 Å². The molecule has 2 saturated heterocycles. The van der Waals surface area contributed by atoms with Crippen molar-refractivity contribution in [2.24, 2.45) is 0 Å². The molecule has 0 aromatic heterocycles. The number of phenolic OH excluding ortho intramolecular Hbond substituents is 1. The van der Waals surface area contributed by atoms with Crippen molar-refractivity contribution >= 4 is 21.8 Å². The molecule has 0 radical (unpaired) electrons. The molecule has 1 N–H and O–H groups in total. The summed E-state index contributed by atoms with van der Waals surface area (Å²) in [5, 5.41) is 9.55. The van der Waals surface area contributed by atoms with Crippen LogP contribution in [-0.4, -0.2) is 90.9 Å². The highest BCUT2D eigenvalue weighted by atomic mass is 32.2. The lowest BCUT2D eigenvalue weighted by Gasteiger charge is -2.44. The van der Waals surface area contributed by atoms with Gasteiger partial charge < -0.3 is 19.8 Å². The van der Waals surface area contributed by atoms with E-state index in [9.17, 15) is 23.1 Å². The summed E-state index contributed by atoms with van der Waals surface area (Å²) in [6.07, 6.45) is 0.0826. The van der Waals surface area contributed by atoms with E-state index in [1.165, 1.54) is 17.0 Å². The van der Waals surface area contributed by atoms with Crippen molar-refractivity contribution in [2.75, 3.05) is 38.7 Å². The van der Waals surface area contributed by atoms with Crippen LogP contribution >= 0.6 is 0 Å². The van der Waals surface area contributed by atoms with Crippen molar-refractivity contribution in [3.63, 3.8) is 0 Å². The molecule has 26 heavy (non-hydrogen) atoms. The number of hydrogen-bond acceptors (Lipinski definition) is 5. The van der Waals surface area contributed by atoms with Crippen LogP contribution in [0.3, 0.4) is 0 Å². The third-order valence-corrected chi connectivity index (χ3v) is 6.59. The minimum absolute atomic E-state index is 0.0815. The highest BCUT2D eigenvalue weighted by Crippen LogP contribution is 2.28. The SMILES string of the molecule is CN(C)C(=O)N1CCN(C(=O)Cc2cccc(O)c2)[C@@H]2CS(=O)(=O)C[C@@H]21. The molecule has 8 nitrogen and oxygen atoms in total. The minimum atomic E-state index is -3.31. The molecule has 2 aliphatic rings. The molecule has 0 saturated carbocycles. The van der Waals surface area contributed by atoms with Crippen LogP contribution in [0.1, 0.15) is 5.56 Å². The Hall–Kier alpha value is -2.29. The van der Waals surface area contributed by atoms with E-state index < -0.39 is 21.9 Å². The molecule has 1 aromatic rings. The molecule has 2 atom stereocenters. The number of carbonyl (C=O) groups excluding carboxylic acids is 2. The van der Waals surface area contributed by atoms with Crippen LogP contribution in [-0.2, 0) is 21.1 Å². The number of hydrogen-bond donors (Lipinski definition) is 1. The molecule has 0 spiro atoms. The molecule has 2 fully saturated rings. The number of sulfone groups is 1. The predicted octanol–water partition coefficient (Wildman–Crippen LogP) is -0.0739. The fraction of sp³-hybridized carbons (Fsp3) is 0.529. The van der Waals surface area contributed by atoms with Gasteiger partial charge in [-0.2, -0.15) is 0 Å². The third kappa shape index (κ3) is 3.62. The van der Waals surface area contributed by atoms with Gasteiger partial charge >= 0.3 is 6.03 Å². The Kier molecular flexibility index (Phi) is 4.83. The van der Waals surface area contributed by atoms with Gasteiger partial charge in [0.25, 0.3) is 0 Å². The first-order valence-corrected chi connectivity index (χ1v) is 10.3. The maximum absolute atomic E-state index is 12.8. The first kappa shape index (κ1) is 18.5. The summed E-state index contributed by atoms with van der Waals surface area (Å²) in [5.74, 6) is -0.356. The van der Waals surface area contributed by atoms with Crippen molar-refractivity contribution in [3.05, 3.63) is 29.8 Å². The van der Waals surface area contributed by atoms with Gasteiger partial charge in [0.2, 0.25) is 5.91 Å². The molecule has 0 unspecified atom stereocenters. The lowest BCUT2D eigenvalue weighted by Crippen LogP contribution is -2.63. The zero-order valence-electron chi connectivity index (χ0n) is 14.8. The Morgan fingerprint density at radius 2 is 1.77 bits per heavy atom. The molecule has 3 rings (SSSR count). The highest BCUT2D eigenvalue weighted by molar-refractivity contribution is 7.91. The zero-order chi connectivity index (χ0) is 19.1. The number of phenols is 1. The number of piperazine rings is 1. The Labute approximate surface area is 152 Å². The zero-order valence-corrected chi connectivity index (χ0v) is 15.6. The number of nitrogens with zero attached hydrogens (tertiary/aromatic N) is 3. The molecule has 2 aliphatic heterocycles. The molecule has 1 aromatic carbocycles. The number of carbonyl (C=O) groups is 2. The van der Waals surface area contributed by atoms with Gasteiger partial charge in [-0.15, -0.1) is 0 Å². The monoisotopic (exact) mass is 381 g/mol. The summed E-state index contributed by atoms with van der Waals surface area (Å²) in [4.78, 5) is 29.7. The largest absolute Gasteiger partial charge is 0.508 e. The summed E-state index contributed by atoms with van der Waals surface area (Å²) in [5.41, 5.74) is 0.666. The molecule has 9 heteroatoms. The fourth-order valence-corrected chi connectivity index (χ4v) is 5.68. The minimum Gasteiger partial charge on any atom is -0.508 e. The van der Waals surface area contributed by atoms with Crippen LogP contribution in [0.2, 0.25) is 0 Å². The highest BCUT2D eigenvalue weighted by Gasteiger charge is 2.49. The van der Waals surface area contributed by atoms with E-state index >= 15 is 0 Å². The van der Waals surface area contributed by atoms with Gasteiger partial charge in [-0.1, -0.05) is 12.1 Å². The Morgan fingerprint density at radius 3 is 2.38 bits per heavy atom. The van der Waals surface area contributed by atoms with E-state index in [4.69, 9.17) is 0 Å². The maximum Gasteiger partial charge on any atom is 0.319 e. The summed E-state index contributed by atoms with van der Waals surface area (Å²) in [6.45, 7) is 0.605. The Morgan fingerprint density at radius 1 is 1.15 bits per heavy atom. The lowest BCUT2D eigenvalue weighted by atomic mass is 10.0. The van der Waals surface area contributed by atoms with E-state index in [0.29, 0.717) is 18.7 Å². The normalized spacial score (nSPS) is 24.2. The number of aromatic hydroxyl groups is 1. The van der Waals surface area contributed by atoms with E-state index in [1.54, 1.807) is 36.0 Å². The van der Waals surface area contributed by atoms with Gasteiger partial charge in [0.1, 0.15) is 5.75 Å². The van der Waals surface area contributed by atoms with Crippen molar-refractivity contribution in [1.29, 1.82) is 0 Å². The molecule has 142 valence electrons. The second kappa shape index (κ2) is 6.79. The summed E-state index contributed by atoms with van der Waals surface area (Å²) >= 11 is 0. The number of benzene rings is 1. The van der Waals surface area contributed by atoms with Crippen molar-refractivity contribution in [1.82, 2.24) is 14.7 Å². The van der Waals surface area contributed by atoms with Gasteiger partial charge in [-0.3, -0.25) is 4.79 Å². The van der Waals surface area contributed by atoms with Crippen molar-refractivity contribution in [2.45, 2.75) is 18.5 Å². The summed E-state index contributed by atoms with van der Waals surface area (Å²) in [6, 6.07) is 5.17. The third-order valence-electron chi connectivity index (χ3n) is 4.89. The van der Waals surface area contributed by atoms with Crippen LogP contribution in [0.15, 0.2) is 24.3 Å². The first-order valence-electron chi connectivity index (χ1n) is 8.43. The second-order valence-electron chi connectivity index (χ2n) is 7.02. The standard InChI is InChI=1S/C17H23N3O5S/c1-18(2)17(23)20-7-6-19(14-10-26(24,25)11-15(14)20)16(22)9-12-4-3-5-13(21)8-12/h3-5,8,14-15,21H,6-7,9-11H2,1-2H3/t14-,15+/m1/s1. The van der Waals surface area contributed by atoms with Crippen LogP contribution in [0.5, 0.6) is 5.75 Å². The van der Waals surface area contributed by atoms with Crippen molar-refractivity contribution < 1.29 is 23.1 Å². The molecule has 3 amide bonds. The molecule has 2 heterocycles. The van der Waals surface area contributed by atoms with E-state index in [0.717, 1.165) is 0 Å². The average Bonchev–Trinajstić information content (AvgIpc) is 2.87. The molecule has 0 aliphatic carbocycles.